The van der Waals surface area contributed by atoms with Crippen molar-refractivity contribution >= 4 is 11.8 Å². The first-order valence-corrected chi connectivity index (χ1v) is 4.74. The van der Waals surface area contributed by atoms with E-state index < -0.39 is 5.97 Å². The number of anilines is 1. The van der Waals surface area contributed by atoms with Crippen LogP contribution in [0.15, 0.2) is 18.3 Å². The molecule has 80 valence electrons. The van der Waals surface area contributed by atoms with Crippen LogP contribution in [0.3, 0.4) is 0 Å². The highest BCUT2D eigenvalue weighted by Crippen LogP contribution is 2.37. The van der Waals surface area contributed by atoms with E-state index in [1.54, 1.807) is 6.07 Å². The summed E-state index contributed by atoms with van der Waals surface area (Å²) in [6.07, 6.45) is 3.15. The third kappa shape index (κ3) is 2.07. The number of carboxylic acids is 1. The van der Waals surface area contributed by atoms with Crippen LogP contribution in [0.25, 0.3) is 0 Å². The fourth-order valence-electron chi connectivity index (χ4n) is 1.34. The summed E-state index contributed by atoms with van der Waals surface area (Å²) in [5, 5.41) is 20.8. The second kappa shape index (κ2) is 3.51. The molecule has 0 saturated heterocycles. The second-order valence-corrected chi connectivity index (χ2v) is 3.80. The van der Waals surface area contributed by atoms with E-state index in [1.807, 2.05) is 0 Å². The smallest absolute Gasteiger partial charge is 0.337 e. The van der Waals surface area contributed by atoms with Crippen molar-refractivity contribution in [3.05, 3.63) is 23.9 Å². The van der Waals surface area contributed by atoms with E-state index >= 15 is 0 Å². The molecule has 0 atom stereocenters. The van der Waals surface area contributed by atoms with Crippen LogP contribution >= 0.6 is 0 Å². The highest BCUT2D eigenvalue weighted by Gasteiger charge is 2.42. The molecule has 1 aliphatic carbocycles. The van der Waals surface area contributed by atoms with Gasteiger partial charge in [-0.15, -0.1) is 0 Å². The SMILES string of the molecule is O=C(O)c1ccc(NC2(CO)CC2)nc1. The van der Waals surface area contributed by atoms with Gasteiger partial charge in [-0.25, -0.2) is 9.78 Å². The first-order valence-electron chi connectivity index (χ1n) is 4.74. The van der Waals surface area contributed by atoms with E-state index in [9.17, 15) is 4.79 Å². The Balaban J connectivity index is 2.07. The van der Waals surface area contributed by atoms with Crippen LogP contribution in [0.2, 0.25) is 0 Å². The number of pyridine rings is 1. The standard InChI is InChI=1S/C10H12N2O3/c13-6-10(3-4-10)12-8-2-1-7(5-11-8)9(14)15/h1-2,5,13H,3-4,6H2,(H,11,12)(H,14,15). The largest absolute Gasteiger partial charge is 0.478 e. The maximum atomic E-state index is 10.6. The van der Waals surface area contributed by atoms with Crippen LogP contribution in [-0.2, 0) is 0 Å². The number of nitrogens with one attached hydrogen (secondary N) is 1. The molecular formula is C10H12N2O3. The average molecular weight is 208 g/mol. The van der Waals surface area contributed by atoms with E-state index in [1.165, 1.54) is 12.3 Å². The number of aliphatic hydroxyl groups excluding tert-OH is 1. The van der Waals surface area contributed by atoms with Crippen LogP contribution in [0.5, 0.6) is 0 Å². The van der Waals surface area contributed by atoms with Crippen LogP contribution in [0.1, 0.15) is 23.2 Å². The van der Waals surface area contributed by atoms with Gasteiger partial charge in [0, 0.05) is 6.20 Å². The summed E-state index contributed by atoms with van der Waals surface area (Å²) >= 11 is 0. The van der Waals surface area contributed by atoms with Crippen molar-refractivity contribution in [2.75, 3.05) is 11.9 Å². The highest BCUT2D eigenvalue weighted by molar-refractivity contribution is 5.87. The predicted molar refractivity (Wildman–Crippen MR) is 53.9 cm³/mol. The predicted octanol–water partition coefficient (Wildman–Crippen LogP) is 0.717. The Hall–Kier alpha value is -1.62. The van der Waals surface area contributed by atoms with Crippen LogP contribution in [0, 0.1) is 0 Å². The molecule has 0 aliphatic heterocycles. The normalized spacial score (nSPS) is 17.1. The maximum absolute atomic E-state index is 10.6. The quantitative estimate of drug-likeness (QED) is 0.679. The Morgan fingerprint density at radius 2 is 2.27 bits per heavy atom. The molecule has 0 unspecified atom stereocenters. The minimum atomic E-state index is -0.989. The Labute approximate surface area is 86.8 Å². The Morgan fingerprint density at radius 1 is 1.53 bits per heavy atom. The molecule has 0 amide bonds. The number of hydrogen-bond donors (Lipinski definition) is 3. The summed E-state index contributed by atoms with van der Waals surface area (Å²) in [6.45, 7) is 0.0787. The topological polar surface area (TPSA) is 82.5 Å². The molecule has 5 nitrogen and oxygen atoms in total. The fraction of sp³-hybridized carbons (Fsp3) is 0.400. The molecule has 15 heavy (non-hydrogen) atoms. The number of carbonyl (C=O) groups is 1. The lowest BCUT2D eigenvalue weighted by Gasteiger charge is -2.14. The van der Waals surface area contributed by atoms with Gasteiger partial charge in [-0.1, -0.05) is 0 Å². The summed E-state index contributed by atoms with van der Waals surface area (Å²) in [5.74, 6) is -0.385. The van der Waals surface area contributed by atoms with Gasteiger partial charge in [-0.2, -0.15) is 0 Å². The van der Waals surface area contributed by atoms with E-state index in [-0.39, 0.29) is 17.7 Å². The maximum Gasteiger partial charge on any atom is 0.337 e. The zero-order chi connectivity index (χ0) is 10.9. The summed E-state index contributed by atoms with van der Waals surface area (Å²) < 4.78 is 0. The summed E-state index contributed by atoms with van der Waals surface area (Å²) in [4.78, 5) is 14.5. The van der Waals surface area contributed by atoms with E-state index in [0.29, 0.717) is 5.82 Å². The molecule has 1 heterocycles. The minimum absolute atomic E-state index is 0.0787. The Bertz CT molecular complexity index is 371. The summed E-state index contributed by atoms with van der Waals surface area (Å²) in [6, 6.07) is 3.10. The summed E-state index contributed by atoms with van der Waals surface area (Å²) in [5.41, 5.74) is -0.0630. The number of aromatic nitrogens is 1. The molecule has 0 spiro atoms. The zero-order valence-electron chi connectivity index (χ0n) is 8.10. The van der Waals surface area contributed by atoms with Gasteiger partial charge in [0.25, 0.3) is 0 Å². The molecule has 0 radical (unpaired) electrons. The Morgan fingerprint density at radius 3 is 2.67 bits per heavy atom. The number of hydrogen-bond acceptors (Lipinski definition) is 4. The van der Waals surface area contributed by atoms with Crippen molar-refractivity contribution in [3.8, 4) is 0 Å². The van der Waals surface area contributed by atoms with E-state index in [2.05, 4.69) is 10.3 Å². The van der Waals surface area contributed by atoms with Gasteiger partial charge in [0.15, 0.2) is 0 Å². The number of carboxylic acid groups (broad SMARTS) is 1. The molecule has 1 aromatic heterocycles. The lowest BCUT2D eigenvalue weighted by Crippen LogP contribution is -2.26. The average Bonchev–Trinajstić information content (AvgIpc) is 2.99. The van der Waals surface area contributed by atoms with Crippen molar-refractivity contribution in [2.45, 2.75) is 18.4 Å². The van der Waals surface area contributed by atoms with Crippen molar-refractivity contribution in [1.82, 2.24) is 4.98 Å². The minimum Gasteiger partial charge on any atom is -0.478 e. The zero-order valence-corrected chi connectivity index (χ0v) is 8.10. The van der Waals surface area contributed by atoms with Gasteiger partial charge < -0.3 is 15.5 Å². The number of rotatable bonds is 4. The van der Waals surface area contributed by atoms with Gasteiger partial charge in [-0.05, 0) is 25.0 Å². The van der Waals surface area contributed by atoms with Crippen molar-refractivity contribution in [2.24, 2.45) is 0 Å². The van der Waals surface area contributed by atoms with Gasteiger partial charge in [0.1, 0.15) is 5.82 Å². The van der Waals surface area contributed by atoms with Crippen molar-refractivity contribution in [1.29, 1.82) is 0 Å². The molecule has 5 heteroatoms. The molecule has 2 rings (SSSR count). The monoisotopic (exact) mass is 208 g/mol. The molecule has 1 fully saturated rings. The lowest BCUT2D eigenvalue weighted by molar-refractivity contribution is 0.0696. The van der Waals surface area contributed by atoms with Crippen LogP contribution < -0.4 is 5.32 Å². The molecule has 0 aromatic carbocycles. The van der Waals surface area contributed by atoms with E-state index in [0.717, 1.165) is 12.8 Å². The molecule has 1 saturated carbocycles. The lowest BCUT2D eigenvalue weighted by atomic mass is 10.2. The molecular weight excluding hydrogens is 196 g/mol. The molecule has 0 bridgehead atoms. The van der Waals surface area contributed by atoms with Crippen LogP contribution in [-0.4, -0.2) is 33.3 Å². The number of aromatic carboxylic acids is 1. The van der Waals surface area contributed by atoms with E-state index in [4.69, 9.17) is 10.2 Å². The first kappa shape index (κ1) is 9.92. The number of aliphatic hydroxyl groups is 1. The van der Waals surface area contributed by atoms with Crippen molar-refractivity contribution in [3.63, 3.8) is 0 Å². The van der Waals surface area contributed by atoms with Gasteiger partial charge >= 0.3 is 5.97 Å². The summed E-state index contributed by atoms with van der Waals surface area (Å²) in [7, 11) is 0. The first-order chi connectivity index (χ1) is 7.15. The Kier molecular flexibility index (Phi) is 2.32. The third-order valence-electron chi connectivity index (χ3n) is 2.56. The van der Waals surface area contributed by atoms with Crippen LogP contribution in [0.4, 0.5) is 5.82 Å². The van der Waals surface area contributed by atoms with Crippen molar-refractivity contribution < 1.29 is 15.0 Å². The molecule has 3 N–H and O–H groups in total. The molecule has 1 aliphatic rings. The highest BCUT2D eigenvalue weighted by atomic mass is 16.4. The van der Waals surface area contributed by atoms with Gasteiger partial charge in [0.2, 0.25) is 0 Å². The third-order valence-corrected chi connectivity index (χ3v) is 2.56. The number of nitrogens with zero attached hydrogens (tertiary/aromatic N) is 1. The second-order valence-electron chi connectivity index (χ2n) is 3.80. The fourth-order valence-corrected chi connectivity index (χ4v) is 1.34. The van der Waals surface area contributed by atoms with Gasteiger partial charge in [0.05, 0.1) is 17.7 Å². The van der Waals surface area contributed by atoms with Gasteiger partial charge in [-0.3, -0.25) is 0 Å². The molecule has 1 aromatic rings.